The molecule has 100 valence electrons. The molecule has 0 saturated heterocycles. The van der Waals surface area contributed by atoms with Crippen molar-refractivity contribution in [1.82, 2.24) is 9.97 Å². The third-order valence-corrected chi connectivity index (χ3v) is 3.44. The van der Waals surface area contributed by atoms with E-state index in [0.717, 1.165) is 22.3 Å². The lowest BCUT2D eigenvalue weighted by atomic mass is 9.95. The molecule has 0 bridgehead atoms. The van der Waals surface area contributed by atoms with Crippen LogP contribution in [0.3, 0.4) is 0 Å². The molecule has 20 heavy (non-hydrogen) atoms. The number of hydrogen-bond donors (Lipinski definition) is 1. The molecule has 2 heterocycles. The fourth-order valence-corrected chi connectivity index (χ4v) is 2.37. The summed E-state index contributed by atoms with van der Waals surface area (Å²) in [6, 6.07) is 3.88. The van der Waals surface area contributed by atoms with Gasteiger partial charge in [-0.2, -0.15) is 0 Å². The van der Waals surface area contributed by atoms with E-state index < -0.39 is 5.97 Å². The molecule has 1 aliphatic rings. The predicted octanol–water partition coefficient (Wildman–Crippen LogP) is 2.15. The Hall–Kier alpha value is -2.56. The summed E-state index contributed by atoms with van der Waals surface area (Å²) < 4.78 is 0. The van der Waals surface area contributed by atoms with Gasteiger partial charge in [0.05, 0.1) is 6.54 Å². The van der Waals surface area contributed by atoms with Crippen molar-refractivity contribution in [3.05, 3.63) is 47.0 Å². The molecule has 0 amide bonds. The van der Waals surface area contributed by atoms with Crippen LogP contribution in [0.25, 0.3) is 11.1 Å². The van der Waals surface area contributed by atoms with Crippen LogP contribution >= 0.6 is 0 Å². The van der Waals surface area contributed by atoms with Gasteiger partial charge in [0, 0.05) is 23.5 Å². The van der Waals surface area contributed by atoms with Crippen LogP contribution in [-0.4, -0.2) is 26.8 Å². The fraction of sp³-hybridized carbons (Fsp3) is 0.200. The number of hydrogen-bond acceptors (Lipinski definition) is 4. The van der Waals surface area contributed by atoms with Gasteiger partial charge in [0.25, 0.3) is 0 Å². The molecule has 2 aromatic rings. The lowest BCUT2D eigenvalue weighted by molar-refractivity contribution is -0.129. The zero-order valence-corrected chi connectivity index (χ0v) is 11.2. The van der Waals surface area contributed by atoms with Gasteiger partial charge in [-0.1, -0.05) is 6.07 Å². The maximum Gasteiger partial charge on any atom is 0.354 e. The Morgan fingerprint density at radius 1 is 1.15 bits per heavy atom. The van der Waals surface area contributed by atoms with Crippen LogP contribution in [0.2, 0.25) is 0 Å². The third-order valence-electron chi connectivity index (χ3n) is 3.44. The van der Waals surface area contributed by atoms with Gasteiger partial charge in [0.2, 0.25) is 0 Å². The van der Waals surface area contributed by atoms with E-state index in [0.29, 0.717) is 17.9 Å². The van der Waals surface area contributed by atoms with E-state index in [1.807, 2.05) is 26.0 Å². The standard InChI is InChI=1S/C15H13N3O2/c1-8-3-10(11-5-16-9(2)17-6-11)4-12-13(8)7-18-14(12)15(19)20/h3-6H,7H2,1-2H3,(H,19,20). The lowest BCUT2D eigenvalue weighted by Gasteiger charge is -2.09. The molecule has 0 unspecified atom stereocenters. The van der Waals surface area contributed by atoms with Crippen LogP contribution in [0.4, 0.5) is 0 Å². The minimum absolute atomic E-state index is 0.137. The zero-order chi connectivity index (χ0) is 14.3. The number of carboxylic acids is 1. The van der Waals surface area contributed by atoms with E-state index in [-0.39, 0.29) is 5.71 Å². The Kier molecular flexibility index (Phi) is 2.82. The monoisotopic (exact) mass is 267 g/mol. The van der Waals surface area contributed by atoms with Gasteiger partial charge in [0.15, 0.2) is 5.71 Å². The maximum absolute atomic E-state index is 11.2. The van der Waals surface area contributed by atoms with Crippen LogP contribution in [0, 0.1) is 13.8 Å². The van der Waals surface area contributed by atoms with Crippen molar-refractivity contribution >= 4 is 11.7 Å². The van der Waals surface area contributed by atoms with E-state index in [1.54, 1.807) is 12.4 Å². The number of aliphatic carboxylic acids is 1. The molecular weight excluding hydrogens is 254 g/mol. The van der Waals surface area contributed by atoms with E-state index in [9.17, 15) is 9.90 Å². The molecule has 5 nitrogen and oxygen atoms in total. The molecule has 1 aliphatic heterocycles. The summed E-state index contributed by atoms with van der Waals surface area (Å²) in [7, 11) is 0. The van der Waals surface area contributed by atoms with Crippen LogP contribution in [0.15, 0.2) is 29.5 Å². The van der Waals surface area contributed by atoms with Gasteiger partial charge in [-0.25, -0.2) is 14.8 Å². The molecule has 1 aromatic carbocycles. The average molecular weight is 267 g/mol. The first kappa shape index (κ1) is 12.5. The van der Waals surface area contributed by atoms with Crippen molar-refractivity contribution in [2.75, 3.05) is 0 Å². The van der Waals surface area contributed by atoms with Crippen molar-refractivity contribution in [3.8, 4) is 11.1 Å². The molecule has 0 spiro atoms. The Morgan fingerprint density at radius 2 is 1.85 bits per heavy atom. The molecule has 0 saturated carbocycles. The summed E-state index contributed by atoms with van der Waals surface area (Å²) in [6.07, 6.45) is 3.49. The Morgan fingerprint density at radius 3 is 2.50 bits per heavy atom. The van der Waals surface area contributed by atoms with Gasteiger partial charge >= 0.3 is 5.97 Å². The number of benzene rings is 1. The van der Waals surface area contributed by atoms with Gasteiger partial charge in [-0.15, -0.1) is 0 Å². The highest BCUT2D eigenvalue weighted by molar-refractivity contribution is 6.43. The van der Waals surface area contributed by atoms with Crippen molar-refractivity contribution in [2.24, 2.45) is 4.99 Å². The highest BCUT2D eigenvalue weighted by Gasteiger charge is 2.23. The maximum atomic E-state index is 11.2. The van der Waals surface area contributed by atoms with E-state index in [1.165, 1.54) is 0 Å². The smallest absolute Gasteiger partial charge is 0.354 e. The van der Waals surface area contributed by atoms with Crippen molar-refractivity contribution in [3.63, 3.8) is 0 Å². The highest BCUT2D eigenvalue weighted by atomic mass is 16.4. The summed E-state index contributed by atoms with van der Waals surface area (Å²) >= 11 is 0. The number of carbonyl (C=O) groups is 1. The van der Waals surface area contributed by atoms with E-state index >= 15 is 0 Å². The molecule has 0 aliphatic carbocycles. The molecule has 0 radical (unpaired) electrons. The van der Waals surface area contributed by atoms with E-state index in [2.05, 4.69) is 15.0 Å². The van der Waals surface area contributed by atoms with Gasteiger partial charge in [0.1, 0.15) is 5.82 Å². The number of aryl methyl sites for hydroxylation is 2. The Bertz CT molecular complexity index is 734. The average Bonchev–Trinajstić information content (AvgIpc) is 2.84. The predicted molar refractivity (Wildman–Crippen MR) is 74.8 cm³/mol. The number of fused-ring (bicyclic) bond motifs is 1. The molecule has 1 N–H and O–H groups in total. The molecule has 1 aromatic heterocycles. The van der Waals surface area contributed by atoms with Crippen molar-refractivity contribution in [1.29, 1.82) is 0 Å². The van der Waals surface area contributed by atoms with Gasteiger partial charge < -0.3 is 5.11 Å². The second-order valence-corrected chi connectivity index (χ2v) is 4.81. The quantitative estimate of drug-likeness (QED) is 0.904. The minimum atomic E-state index is -0.986. The van der Waals surface area contributed by atoms with Crippen LogP contribution < -0.4 is 0 Å². The van der Waals surface area contributed by atoms with Crippen molar-refractivity contribution < 1.29 is 9.90 Å². The van der Waals surface area contributed by atoms with Crippen LogP contribution in [0.1, 0.15) is 22.5 Å². The fourth-order valence-electron chi connectivity index (χ4n) is 2.37. The topological polar surface area (TPSA) is 75.4 Å². The summed E-state index contributed by atoms with van der Waals surface area (Å²) in [5, 5.41) is 9.19. The van der Waals surface area contributed by atoms with E-state index in [4.69, 9.17) is 0 Å². The number of rotatable bonds is 2. The van der Waals surface area contributed by atoms with Crippen LogP contribution in [0.5, 0.6) is 0 Å². The minimum Gasteiger partial charge on any atom is -0.477 e. The van der Waals surface area contributed by atoms with Crippen LogP contribution in [-0.2, 0) is 11.3 Å². The van der Waals surface area contributed by atoms with Gasteiger partial charge in [-0.05, 0) is 36.6 Å². The Labute approximate surface area is 116 Å². The molecule has 0 fully saturated rings. The first-order valence-corrected chi connectivity index (χ1v) is 6.27. The second kappa shape index (κ2) is 4.52. The number of carboxylic acid groups (broad SMARTS) is 1. The normalized spacial score (nSPS) is 13.0. The Balaban J connectivity index is 2.14. The largest absolute Gasteiger partial charge is 0.477 e. The summed E-state index contributed by atoms with van der Waals surface area (Å²) in [5.41, 5.74) is 4.65. The number of nitrogens with zero attached hydrogens (tertiary/aromatic N) is 3. The number of aliphatic imine (C=N–C) groups is 1. The second-order valence-electron chi connectivity index (χ2n) is 4.81. The first-order chi connectivity index (χ1) is 9.56. The first-order valence-electron chi connectivity index (χ1n) is 6.27. The molecular formula is C15H13N3O2. The highest BCUT2D eigenvalue weighted by Crippen LogP contribution is 2.29. The lowest BCUT2D eigenvalue weighted by Crippen LogP contribution is -2.12. The summed E-state index contributed by atoms with van der Waals surface area (Å²) in [5.74, 6) is -0.278. The zero-order valence-electron chi connectivity index (χ0n) is 11.2. The molecule has 5 heteroatoms. The van der Waals surface area contributed by atoms with Crippen molar-refractivity contribution in [2.45, 2.75) is 20.4 Å². The summed E-state index contributed by atoms with van der Waals surface area (Å²) in [6.45, 7) is 4.23. The number of aromatic nitrogens is 2. The molecule has 3 rings (SSSR count). The third kappa shape index (κ3) is 1.97. The SMILES string of the molecule is Cc1ncc(-c2cc(C)c3c(c2)C(C(=O)O)=NC3)cn1. The summed E-state index contributed by atoms with van der Waals surface area (Å²) in [4.78, 5) is 23.7. The van der Waals surface area contributed by atoms with Gasteiger partial charge in [-0.3, -0.25) is 4.99 Å². The molecule has 0 atom stereocenters.